The van der Waals surface area contributed by atoms with Gasteiger partial charge in [-0.15, -0.1) is 0 Å². The monoisotopic (exact) mass is 414 g/mol. The van der Waals surface area contributed by atoms with E-state index in [0.717, 1.165) is 13.1 Å². The van der Waals surface area contributed by atoms with Crippen LogP contribution in [0.25, 0.3) is 22.2 Å². The van der Waals surface area contributed by atoms with Crippen LogP contribution in [0.4, 0.5) is 0 Å². The summed E-state index contributed by atoms with van der Waals surface area (Å²) >= 11 is 0. The first-order valence-electron chi connectivity index (χ1n) is 9.16. The summed E-state index contributed by atoms with van der Waals surface area (Å²) in [6, 6.07) is 4.85. The van der Waals surface area contributed by atoms with E-state index in [9.17, 15) is 14.7 Å². The molecular formula is C19H22N6O5. The van der Waals surface area contributed by atoms with E-state index in [-0.39, 0.29) is 34.6 Å². The first kappa shape index (κ1) is 21.0. The van der Waals surface area contributed by atoms with Crippen molar-refractivity contribution in [3.8, 4) is 17.0 Å². The van der Waals surface area contributed by atoms with Crippen molar-refractivity contribution < 1.29 is 19.8 Å². The maximum Gasteiger partial charge on any atom is 0.290 e. The highest BCUT2D eigenvalue weighted by atomic mass is 16.3. The molecule has 0 unspecified atom stereocenters. The molecule has 1 fully saturated rings. The molecule has 4 rings (SSSR count). The lowest BCUT2D eigenvalue weighted by molar-refractivity contribution is -0.122. The Hall–Kier alpha value is -3.73. The first-order chi connectivity index (χ1) is 14.3. The minimum Gasteiger partial charge on any atom is -0.506 e. The van der Waals surface area contributed by atoms with Crippen LogP contribution < -0.4 is 5.56 Å². The van der Waals surface area contributed by atoms with Gasteiger partial charge in [0.15, 0.2) is 5.69 Å². The van der Waals surface area contributed by atoms with Crippen LogP contribution in [-0.4, -0.2) is 85.4 Å². The Balaban J connectivity index is 0.000000806. The number of aromatic nitrogens is 4. The van der Waals surface area contributed by atoms with Crippen molar-refractivity contribution in [3.05, 3.63) is 40.6 Å². The fourth-order valence-corrected chi connectivity index (χ4v) is 3.32. The summed E-state index contributed by atoms with van der Waals surface area (Å²) in [4.78, 5) is 43.6. The molecule has 1 saturated heterocycles. The fourth-order valence-electron chi connectivity index (χ4n) is 3.32. The molecule has 0 aliphatic carbocycles. The molecule has 0 spiro atoms. The van der Waals surface area contributed by atoms with Gasteiger partial charge in [-0.25, -0.2) is 4.98 Å². The average molecular weight is 414 g/mol. The van der Waals surface area contributed by atoms with Crippen molar-refractivity contribution in [2.24, 2.45) is 7.05 Å². The zero-order valence-electron chi connectivity index (χ0n) is 16.6. The van der Waals surface area contributed by atoms with E-state index >= 15 is 0 Å². The van der Waals surface area contributed by atoms with E-state index in [1.165, 1.54) is 12.4 Å². The Labute approximate surface area is 171 Å². The second-order valence-electron chi connectivity index (χ2n) is 6.86. The van der Waals surface area contributed by atoms with Crippen LogP contribution >= 0.6 is 0 Å². The van der Waals surface area contributed by atoms with Crippen molar-refractivity contribution >= 4 is 23.3 Å². The highest BCUT2D eigenvalue weighted by Gasteiger charge is 2.23. The van der Waals surface area contributed by atoms with Crippen LogP contribution in [0, 0.1) is 0 Å². The van der Waals surface area contributed by atoms with Gasteiger partial charge in [0.05, 0.1) is 17.4 Å². The summed E-state index contributed by atoms with van der Waals surface area (Å²) in [7, 11) is 3.76. The number of carbonyl (C=O) groups is 2. The Kier molecular flexibility index (Phi) is 6.11. The minimum absolute atomic E-state index is 0.0956. The van der Waals surface area contributed by atoms with Gasteiger partial charge in [0.1, 0.15) is 11.3 Å². The summed E-state index contributed by atoms with van der Waals surface area (Å²) in [6.45, 7) is 2.75. The largest absolute Gasteiger partial charge is 0.506 e. The number of piperazine rings is 1. The van der Waals surface area contributed by atoms with Crippen molar-refractivity contribution in [1.82, 2.24) is 29.5 Å². The van der Waals surface area contributed by atoms with E-state index in [2.05, 4.69) is 20.0 Å². The fraction of sp³-hybridized carbons (Fsp3) is 0.316. The van der Waals surface area contributed by atoms with Gasteiger partial charge >= 0.3 is 0 Å². The molecule has 30 heavy (non-hydrogen) atoms. The van der Waals surface area contributed by atoms with Crippen LogP contribution in [-0.2, 0) is 11.8 Å². The molecule has 3 aromatic rings. The number of benzene rings is 1. The third kappa shape index (κ3) is 4.15. The summed E-state index contributed by atoms with van der Waals surface area (Å²) in [5.41, 5.74) is 1.46. The van der Waals surface area contributed by atoms with Gasteiger partial charge in [-0.3, -0.25) is 19.1 Å². The second-order valence-corrected chi connectivity index (χ2v) is 6.86. The van der Waals surface area contributed by atoms with Crippen LogP contribution in [0.2, 0.25) is 0 Å². The summed E-state index contributed by atoms with van der Waals surface area (Å²) in [5.74, 6) is -0.212. The molecule has 1 aliphatic heterocycles. The minimum atomic E-state index is -0.340. The summed E-state index contributed by atoms with van der Waals surface area (Å²) < 4.78 is 1.58. The van der Waals surface area contributed by atoms with Crippen molar-refractivity contribution in [3.63, 3.8) is 0 Å². The zero-order valence-corrected chi connectivity index (χ0v) is 16.6. The van der Waals surface area contributed by atoms with Crippen molar-refractivity contribution in [2.75, 3.05) is 33.2 Å². The number of fused-ring (bicyclic) bond motifs is 1. The predicted molar refractivity (Wildman–Crippen MR) is 108 cm³/mol. The quantitative estimate of drug-likeness (QED) is 0.502. The molecule has 158 valence electrons. The Morgan fingerprint density at radius 1 is 1.17 bits per heavy atom. The third-order valence-corrected chi connectivity index (χ3v) is 4.91. The number of aromatic hydroxyl groups is 1. The van der Waals surface area contributed by atoms with Crippen LogP contribution in [0.15, 0.2) is 29.3 Å². The molecule has 1 aliphatic rings. The molecule has 1 aromatic carbocycles. The zero-order chi connectivity index (χ0) is 21.8. The predicted octanol–water partition coefficient (Wildman–Crippen LogP) is 0.118. The number of amides is 1. The molecule has 1 amide bonds. The molecule has 3 N–H and O–H groups in total. The number of rotatable bonds is 2. The number of hydrogen-bond acceptors (Lipinski definition) is 7. The molecule has 0 bridgehead atoms. The number of aromatic amines is 1. The molecular weight excluding hydrogens is 392 g/mol. The number of likely N-dealkylation sites (N-methyl/N-ethyl adjacent to an activating group) is 1. The number of carboxylic acid groups (broad SMARTS) is 1. The van der Waals surface area contributed by atoms with Gasteiger partial charge in [0, 0.05) is 38.8 Å². The maximum atomic E-state index is 12.8. The molecule has 2 aromatic heterocycles. The van der Waals surface area contributed by atoms with Crippen LogP contribution in [0.5, 0.6) is 5.75 Å². The number of H-pyrrole nitrogens is 1. The number of aryl methyl sites for hydroxylation is 1. The summed E-state index contributed by atoms with van der Waals surface area (Å²) in [5, 5.41) is 21.8. The van der Waals surface area contributed by atoms with Crippen LogP contribution in [0.3, 0.4) is 0 Å². The lowest BCUT2D eigenvalue weighted by Crippen LogP contribution is -2.47. The van der Waals surface area contributed by atoms with Gasteiger partial charge in [-0.2, -0.15) is 5.10 Å². The Morgan fingerprint density at radius 3 is 2.50 bits per heavy atom. The van der Waals surface area contributed by atoms with E-state index in [1.54, 1.807) is 28.8 Å². The van der Waals surface area contributed by atoms with E-state index in [1.807, 2.05) is 7.05 Å². The van der Waals surface area contributed by atoms with Crippen LogP contribution in [0.1, 0.15) is 10.5 Å². The maximum absolute atomic E-state index is 12.8. The lowest BCUT2D eigenvalue weighted by Gasteiger charge is -2.31. The molecule has 0 saturated carbocycles. The average Bonchev–Trinajstić information content (AvgIpc) is 3.11. The molecule has 0 radical (unpaired) electrons. The second kappa shape index (κ2) is 8.74. The van der Waals surface area contributed by atoms with Crippen molar-refractivity contribution in [2.45, 2.75) is 0 Å². The first-order valence-corrected chi connectivity index (χ1v) is 9.16. The highest BCUT2D eigenvalue weighted by molar-refractivity contribution is 5.94. The number of nitrogens with zero attached hydrogens (tertiary/aromatic N) is 5. The van der Waals surface area contributed by atoms with E-state index in [0.29, 0.717) is 30.0 Å². The van der Waals surface area contributed by atoms with E-state index < -0.39 is 0 Å². The Morgan fingerprint density at radius 2 is 1.83 bits per heavy atom. The number of nitrogens with one attached hydrogen (secondary N) is 1. The molecule has 3 heterocycles. The number of phenolic OH excluding ortho intramolecular Hbond substituents is 1. The molecule has 11 heteroatoms. The van der Waals surface area contributed by atoms with Gasteiger partial charge in [0.25, 0.3) is 17.9 Å². The smallest absolute Gasteiger partial charge is 0.290 e. The van der Waals surface area contributed by atoms with Gasteiger partial charge in [0.2, 0.25) is 0 Å². The SMILES string of the molecule is CN1CCN(C(=O)c2cc(-c3cc(O)c4nc[nH]c(=O)c4c3)n(C)n2)CC1.O=CO. The van der Waals surface area contributed by atoms with Gasteiger partial charge < -0.3 is 25.0 Å². The number of hydrogen-bond donors (Lipinski definition) is 3. The van der Waals surface area contributed by atoms with Gasteiger partial charge in [-0.05, 0) is 25.2 Å². The van der Waals surface area contributed by atoms with Crippen molar-refractivity contribution in [1.29, 1.82) is 0 Å². The third-order valence-electron chi connectivity index (χ3n) is 4.91. The lowest BCUT2D eigenvalue weighted by atomic mass is 10.1. The van der Waals surface area contributed by atoms with E-state index in [4.69, 9.17) is 9.90 Å². The number of carbonyl (C=O) groups excluding carboxylic acids is 1. The Bertz CT molecular complexity index is 1130. The standard InChI is InChI=1S/C18H20N6O3.CH2O2/c1-22-3-5-24(6-4-22)18(27)13-9-14(23(2)21-13)11-7-12-16(15(25)8-11)19-10-20-17(12)26;2-1-3/h7-10,25H,3-6H2,1-2H3,(H,19,20,26);1H,(H,2,3). The molecule has 11 nitrogen and oxygen atoms in total. The topological polar surface area (TPSA) is 145 Å². The normalized spacial score (nSPS) is 14.3. The summed E-state index contributed by atoms with van der Waals surface area (Å²) in [6.07, 6.45) is 1.25. The number of phenols is 1. The molecule has 0 atom stereocenters. The highest BCUT2D eigenvalue weighted by Crippen LogP contribution is 2.29. The van der Waals surface area contributed by atoms with Gasteiger partial charge in [-0.1, -0.05) is 0 Å².